The van der Waals surface area contributed by atoms with Crippen molar-refractivity contribution in [3.63, 3.8) is 0 Å². The summed E-state index contributed by atoms with van der Waals surface area (Å²) in [5.74, 6) is 1.06. The third-order valence-electron chi connectivity index (χ3n) is 2.27. The molecule has 2 rings (SSSR count). The van der Waals surface area contributed by atoms with Crippen LogP contribution in [0.25, 0.3) is 0 Å². The summed E-state index contributed by atoms with van der Waals surface area (Å²) < 4.78 is 1.99. The molecule has 0 saturated heterocycles. The smallest absolute Gasteiger partial charge is 0.124 e. The summed E-state index contributed by atoms with van der Waals surface area (Å²) in [7, 11) is 0. The molecule has 0 aliphatic carbocycles. The fraction of sp³-hybridized carbons (Fsp3) is 0.455. The van der Waals surface area contributed by atoms with E-state index in [0.717, 1.165) is 36.0 Å². The second kappa shape index (κ2) is 6.61. The molecule has 0 aromatic carbocycles. The fourth-order valence-electron chi connectivity index (χ4n) is 1.54. The van der Waals surface area contributed by atoms with Gasteiger partial charge in [0.25, 0.3) is 0 Å². The molecule has 6 heteroatoms. The van der Waals surface area contributed by atoms with Crippen molar-refractivity contribution in [2.45, 2.75) is 33.4 Å². The number of hydrogen-bond donors (Lipinski definition) is 1. The number of nitrogens with one attached hydrogen (secondary N) is 1. The molecular weight excluding hydrogens is 256 g/mol. The predicted molar refractivity (Wildman–Crippen MR) is 73.9 cm³/mol. The van der Waals surface area contributed by atoms with Crippen LogP contribution in [-0.2, 0) is 13.1 Å². The van der Waals surface area contributed by atoms with Gasteiger partial charge in [0.05, 0.1) is 23.4 Å². The van der Waals surface area contributed by atoms with Gasteiger partial charge >= 0.3 is 0 Å². The lowest BCUT2D eigenvalue weighted by atomic mass is 10.4. The SMILES string of the molecule is CCCn1nccc1NCc1csc(C)n1.Cl. The Kier molecular flexibility index (Phi) is 5.44. The van der Waals surface area contributed by atoms with Crippen molar-refractivity contribution in [1.82, 2.24) is 14.8 Å². The van der Waals surface area contributed by atoms with E-state index in [1.54, 1.807) is 11.3 Å². The first-order valence-electron chi connectivity index (χ1n) is 5.46. The number of nitrogens with zero attached hydrogens (tertiary/aromatic N) is 3. The molecular formula is C11H17ClN4S. The molecule has 0 atom stereocenters. The van der Waals surface area contributed by atoms with E-state index in [4.69, 9.17) is 0 Å². The number of anilines is 1. The predicted octanol–water partition coefficient (Wildman–Crippen LogP) is 3.09. The largest absolute Gasteiger partial charge is 0.365 e. The number of aromatic nitrogens is 3. The molecule has 2 heterocycles. The second-order valence-electron chi connectivity index (χ2n) is 3.65. The lowest BCUT2D eigenvalue weighted by Crippen LogP contribution is -2.07. The summed E-state index contributed by atoms with van der Waals surface area (Å²) in [4.78, 5) is 4.41. The van der Waals surface area contributed by atoms with Gasteiger partial charge in [-0.15, -0.1) is 23.7 Å². The van der Waals surface area contributed by atoms with Gasteiger partial charge in [0.15, 0.2) is 0 Å². The topological polar surface area (TPSA) is 42.7 Å². The Bertz CT molecular complexity index is 452. The van der Waals surface area contributed by atoms with Gasteiger partial charge in [-0.05, 0) is 13.3 Å². The third-order valence-corrected chi connectivity index (χ3v) is 3.09. The van der Waals surface area contributed by atoms with Crippen molar-refractivity contribution in [3.05, 3.63) is 28.3 Å². The summed E-state index contributed by atoms with van der Waals surface area (Å²) in [5.41, 5.74) is 1.09. The maximum atomic E-state index is 4.41. The van der Waals surface area contributed by atoms with Crippen LogP contribution < -0.4 is 5.32 Å². The van der Waals surface area contributed by atoms with Crippen molar-refractivity contribution < 1.29 is 0 Å². The molecule has 2 aromatic heterocycles. The first-order valence-corrected chi connectivity index (χ1v) is 6.34. The van der Waals surface area contributed by atoms with Gasteiger partial charge in [0, 0.05) is 18.0 Å². The van der Waals surface area contributed by atoms with Gasteiger partial charge in [-0.3, -0.25) is 0 Å². The minimum Gasteiger partial charge on any atom is -0.365 e. The quantitative estimate of drug-likeness (QED) is 0.910. The number of halogens is 1. The normalized spacial score (nSPS) is 10.0. The Morgan fingerprint density at radius 3 is 2.94 bits per heavy atom. The number of thiazole rings is 1. The van der Waals surface area contributed by atoms with E-state index in [1.807, 2.05) is 23.9 Å². The zero-order chi connectivity index (χ0) is 11.4. The highest BCUT2D eigenvalue weighted by Crippen LogP contribution is 2.11. The molecule has 2 aromatic rings. The van der Waals surface area contributed by atoms with Crippen LogP contribution in [-0.4, -0.2) is 14.8 Å². The number of hydrogen-bond acceptors (Lipinski definition) is 4. The van der Waals surface area contributed by atoms with Crippen LogP contribution in [0.5, 0.6) is 0 Å². The fourth-order valence-corrected chi connectivity index (χ4v) is 2.16. The van der Waals surface area contributed by atoms with E-state index in [1.165, 1.54) is 0 Å². The zero-order valence-corrected chi connectivity index (χ0v) is 11.6. The molecule has 4 nitrogen and oxygen atoms in total. The van der Waals surface area contributed by atoms with E-state index >= 15 is 0 Å². The second-order valence-corrected chi connectivity index (χ2v) is 4.71. The lowest BCUT2D eigenvalue weighted by molar-refractivity contribution is 0.607. The first kappa shape index (κ1) is 14.0. The van der Waals surface area contributed by atoms with Crippen molar-refractivity contribution in [3.8, 4) is 0 Å². The highest BCUT2D eigenvalue weighted by molar-refractivity contribution is 7.09. The van der Waals surface area contributed by atoms with Crippen LogP contribution >= 0.6 is 23.7 Å². The summed E-state index contributed by atoms with van der Waals surface area (Å²) in [5, 5.41) is 10.8. The van der Waals surface area contributed by atoms with E-state index in [-0.39, 0.29) is 12.4 Å². The van der Waals surface area contributed by atoms with Crippen molar-refractivity contribution in [2.24, 2.45) is 0 Å². The maximum Gasteiger partial charge on any atom is 0.124 e. The van der Waals surface area contributed by atoms with Crippen LogP contribution in [0.15, 0.2) is 17.6 Å². The van der Waals surface area contributed by atoms with Gasteiger partial charge in [0.2, 0.25) is 0 Å². The minimum atomic E-state index is 0. The van der Waals surface area contributed by atoms with Crippen molar-refractivity contribution >= 4 is 29.6 Å². The van der Waals surface area contributed by atoms with Crippen LogP contribution in [0, 0.1) is 6.92 Å². The van der Waals surface area contributed by atoms with Crippen molar-refractivity contribution in [2.75, 3.05) is 5.32 Å². The third kappa shape index (κ3) is 3.71. The average Bonchev–Trinajstić information content (AvgIpc) is 2.85. The summed E-state index contributed by atoms with van der Waals surface area (Å²) >= 11 is 1.68. The van der Waals surface area contributed by atoms with Crippen LogP contribution in [0.2, 0.25) is 0 Å². The molecule has 0 aliphatic rings. The average molecular weight is 273 g/mol. The Hall–Kier alpha value is -1.07. The molecule has 0 fully saturated rings. The molecule has 0 spiro atoms. The van der Waals surface area contributed by atoms with Gasteiger partial charge in [-0.2, -0.15) is 5.10 Å². The summed E-state index contributed by atoms with van der Waals surface area (Å²) in [6.45, 7) is 5.88. The Balaban J connectivity index is 0.00000144. The molecule has 0 bridgehead atoms. The highest BCUT2D eigenvalue weighted by atomic mass is 35.5. The Morgan fingerprint density at radius 2 is 2.29 bits per heavy atom. The number of rotatable bonds is 5. The minimum absolute atomic E-state index is 0. The molecule has 0 amide bonds. The van der Waals surface area contributed by atoms with Gasteiger partial charge < -0.3 is 5.32 Å². The molecule has 17 heavy (non-hydrogen) atoms. The van der Waals surface area contributed by atoms with E-state index < -0.39 is 0 Å². The first-order chi connectivity index (χ1) is 7.79. The van der Waals surface area contributed by atoms with E-state index in [9.17, 15) is 0 Å². The molecule has 0 aliphatic heterocycles. The summed E-state index contributed by atoms with van der Waals surface area (Å²) in [6.07, 6.45) is 2.91. The zero-order valence-electron chi connectivity index (χ0n) is 10.0. The highest BCUT2D eigenvalue weighted by Gasteiger charge is 2.02. The van der Waals surface area contributed by atoms with Crippen LogP contribution in [0.4, 0.5) is 5.82 Å². The molecule has 94 valence electrons. The van der Waals surface area contributed by atoms with Crippen LogP contribution in [0.3, 0.4) is 0 Å². The van der Waals surface area contributed by atoms with E-state index in [0.29, 0.717) is 0 Å². The molecule has 1 N–H and O–H groups in total. The standard InChI is InChI=1S/C11H16N4S.ClH/c1-3-6-15-11(4-5-13-15)12-7-10-8-16-9(2)14-10;/h4-5,8,12H,3,6-7H2,1-2H3;1H. The Morgan fingerprint density at radius 1 is 1.47 bits per heavy atom. The van der Waals surface area contributed by atoms with Gasteiger partial charge in [-0.25, -0.2) is 9.67 Å². The van der Waals surface area contributed by atoms with Crippen molar-refractivity contribution in [1.29, 1.82) is 0 Å². The van der Waals surface area contributed by atoms with Gasteiger partial charge in [0.1, 0.15) is 5.82 Å². The monoisotopic (exact) mass is 272 g/mol. The Labute approximate surface area is 111 Å². The molecule has 0 radical (unpaired) electrons. The van der Waals surface area contributed by atoms with Crippen LogP contribution in [0.1, 0.15) is 24.0 Å². The van der Waals surface area contributed by atoms with E-state index in [2.05, 4.69) is 27.7 Å². The van der Waals surface area contributed by atoms with Gasteiger partial charge in [-0.1, -0.05) is 6.92 Å². The summed E-state index contributed by atoms with van der Waals surface area (Å²) in [6, 6.07) is 1.99. The number of aryl methyl sites for hydroxylation is 2. The molecule has 0 unspecified atom stereocenters. The molecule has 0 saturated carbocycles. The lowest BCUT2D eigenvalue weighted by Gasteiger charge is -2.07. The maximum absolute atomic E-state index is 4.41.